The van der Waals surface area contributed by atoms with Crippen LogP contribution in [0.1, 0.15) is 142 Å². The molecule has 0 radical (unpaired) electrons. The number of amidine groups is 5. The van der Waals surface area contributed by atoms with E-state index < -0.39 is 130 Å². The third kappa shape index (κ3) is 24.5. The number of allylic oxidation sites excluding steroid dienone is 5. The van der Waals surface area contributed by atoms with Crippen molar-refractivity contribution in [1.29, 1.82) is 0 Å². The smallest absolute Gasteiger partial charge is 0.338 e. The number of rotatable bonds is 18. The molecule has 0 saturated heterocycles. The van der Waals surface area contributed by atoms with E-state index >= 15 is 0 Å². The number of nitrogens with zero attached hydrogens (tertiary/aromatic N) is 10. The van der Waals surface area contributed by atoms with E-state index in [2.05, 4.69) is 76.5 Å². The van der Waals surface area contributed by atoms with Gasteiger partial charge in [0.15, 0.2) is 46.6 Å². The van der Waals surface area contributed by atoms with Crippen molar-refractivity contribution in [3.05, 3.63) is 378 Å². The highest BCUT2D eigenvalue weighted by Gasteiger charge is 2.39. The van der Waals surface area contributed by atoms with Crippen LogP contribution in [0.3, 0.4) is 0 Å². The van der Waals surface area contributed by atoms with E-state index in [9.17, 15) is 76.7 Å². The Hall–Kier alpha value is -14.1. The van der Waals surface area contributed by atoms with Crippen LogP contribution in [0, 0.1) is 69.8 Å². The molecule has 0 amide bonds. The van der Waals surface area contributed by atoms with Crippen LogP contribution in [0.25, 0.3) is 0 Å². The average Bonchev–Trinajstić information content (AvgIpc) is 0.791. The van der Waals surface area contributed by atoms with E-state index in [1.807, 2.05) is 0 Å². The maximum atomic E-state index is 14.2. The third-order valence-electron chi connectivity index (χ3n) is 19.8. The van der Waals surface area contributed by atoms with Crippen molar-refractivity contribution < 1.29 is 100 Å². The first kappa shape index (κ1) is 101. The van der Waals surface area contributed by atoms with Crippen LogP contribution in [0.2, 0.25) is 25.1 Å². The second-order valence-corrected chi connectivity index (χ2v) is 30.8. The second-order valence-electron chi connectivity index (χ2n) is 28.7. The first-order valence-electron chi connectivity index (χ1n) is 40.0. The molecular formula is C93H74Cl5F12N15O10. The van der Waals surface area contributed by atoms with Gasteiger partial charge in [-0.2, -0.15) is 0 Å². The average molecular weight is 1970 g/mol. The van der Waals surface area contributed by atoms with E-state index in [4.69, 9.17) is 81.7 Å². The predicted octanol–water partition coefficient (Wildman–Crippen LogP) is 19.2. The van der Waals surface area contributed by atoms with Crippen molar-refractivity contribution in [2.24, 2.45) is 25.0 Å². The summed E-state index contributed by atoms with van der Waals surface area (Å²) < 4.78 is 187. The number of nitrogens with one attached hydrogen (secondary N) is 5. The molecule has 5 aromatic heterocycles. The van der Waals surface area contributed by atoms with Crippen LogP contribution in [-0.2, 0) is 47.7 Å². The van der Waals surface area contributed by atoms with Crippen LogP contribution in [0.4, 0.5) is 52.7 Å². The number of methoxy groups -OCH3 is 2. The first-order chi connectivity index (χ1) is 64.3. The third-order valence-corrected chi connectivity index (χ3v) is 21.4. The van der Waals surface area contributed by atoms with Gasteiger partial charge in [-0.25, -0.2) is 102 Å². The molecule has 5 unspecified atom stereocenters. The number of carbonyl (C=O) groups is 5. The molecule has 10 heterocycles. The summed E-state index contributed by atoms with van der Waals surface area (Å²) >= 11 is 30.8. The maximum absolute atomic E-state index is 14.2. The molecule has 15 rings (SSSR count). The van der Waals surface area contributed by atoms with Gasteiger partial charge in [-0.3, -0.25) is 25.0 Å². The number of halogens is 17. The lowest BCUT2D eigenvalue weighted by Crippen LogP contribution is -2.34. The zero-order chi connectivity index (χ0) is 98.1. The molecule has 5 aliphatic heterocycles. The van der Waals surface area contributed by atoms with Crippen LogP contribution in [0.15, 0.2) is 252 Å². The molecule has 42 heteroatoms. The zero-order valence-electron chi connectivity index (χ0n) is 72.2. The Morgan fingerprint density at radius 2 is 0.541 bits per heavy atom. The molecule has 0 aliphatic carbocycles. The Morgan fingerprint density at radius 3 is 0.778 bits per heavy atom. The molecule has 10 aromatic rings. The minimum Gasteiger partial charge on any atom is -0.466 e. The van der Waals surface area contributed by atoms with E-state index in [1.165, 1.54) is 117 Å². The predicted molar refractivity (Wildman–Crippen MR) is 477 cm³/mol. The van der Waals surface area contributed by atoms with Crippen molar-refractivity contribution in [1.82, 2.24) is 51.5 Å². The highest BCUT2D eigenvalue weighted by Crippen LogP contribution is 2.43. The summed E-state index contributed by atoms with van der Waals surface area (Å²) in [6.45, 7) is 13.7. The fourth-order valence-corrected chi connectivity index (χ4v) is 15.0. The summed E-state index contributed by atoms with van der Waals surface area (Å²) in [5.41, 5.74) is 5.28. The second kappa shape index (κ2) is 45.5. The van der Waals surface area contributed by atoms with Gasteiger partial charge in [0, 0.05) is 99.7 Å². The van der Waals surface area contributed by atoms with E-state index in [0.29, 0.717) is 91.5 Å². The number of ether oxygens (including phenoxy) is 5. The molecular weight excluding hydrogens is 1890 g/mol. The number of hydrogen-bond acceptors (Lipinski definition) is 25. The lowest BCUT2D eigenvalue weighted by molar-refractivity contribution is -0.139. The fraction of sp³-hybridized carbons (Fsp3) is 0.194. The van der Waals surface area contributed by atoms with Crippen LogP contribution in [-0.4, -0.2) is 118 Å². The molecule has 5 aromatic carbocycles. The number of aliphatic imine (C=N–C) groups is 5. The number of aromatic nitrogens is 5. The molecule has 5 N–H and O–H groups in total. The minimum atomic E-state index is -0.993. The van der Waals surface area contributed by atoms with Gasteiger partial charge >= 0.3 is 29.8 Å². The topological polar surface area (TPSA) is 318 Å². The Balaban J connectivity index is 0.000000162. The summed E-state index contributed by atoms with van der Waals surface area (Å²) in [6, 6.07) is 23.7. The van der Waals surface area contributed by atoms with Gasteiger partial charge in [-0.15, -0.1) is 0 Å². The minimum absolute atomic E-state index is 0.00277. The lowest BCUT2D eigenvalue weighted by atomic mass is 9.95. The SMILES string of the molecule is CCOC(=O)C1=C(C)NC(c2ccc(F)cn2)=NC1c1ccc(F)cc1Cl.CCOC(=O)C1=C(C)NC(c2ncc(F)cc2F)=NC1c1ccc(F)cc1Cl.CCOC(=O)C1=C(C)NC(c2ncccc2F)=NC1c1ccc(F)cc1Cl.COC(=O)C1=C(C)NC(c2ccc(F)cn2)=NC1c1ccc(F)cc1Cl.COC(=O)C1=C(C)NC(c2ncc(F)cc2F)=NC1c1ccc(F)cc1Cl. The molecule has 135 heavy (non-hydrogen) atoms. The first-order valence-corrected chi connectivity index (χ1v) is 41.9. The van der Waals surface area contributed by atoms with Crippen molar-refractivity contribution in [2.75, 3.05) is 34.0 Å². The largest absolute Gasteiger partial charge is 0.466 e. The van der Waals surface area contributed by atoms with Gasteiger partial charge in [0.05, 0.1) is 86.7 Å². The van der Waals surface area contributed by atoms with Crippen LogP contribution < -0.4 is 26.6 Å². The monoisotopic (exact) mass is 1960 g/mol. The summed E-state index contributed by atoms with van der Waals surface area (Å²) in [5.74, 6) is -9.99. The Bertz CT molecular complexity index is 6650. The van der Waals surface area contributed by atoms with E-state index in [-0.39, 0.29) is 107 Å². The van der Waals surface area contributed by atoms with Crippen LogP contribution >= 0.6 is 58.0 Å². The summed E-state index contributed by atoms with van der Waals surface area (Å²) in [7, 11) is 2.46. The number of carbonyl (C=O) groups excluding carboxylic acids is 5. The summed E-state index contributed by atoms with van der Waals surface area (Å²) in [4.78, 5) is 104. The fourth-order valence-electron chi connectivity index (χ4n) is 13.7. The Labute approximate surface area is 787 Å². The normalized spacial score (nSPS) is 16.6. The van der Waals surface area contributed by atoms with Gasteiger partial charge in [-0.05, 0) is 152 Å². The van der Waals surface area contributed by atoms with Crippen molar-refractivity contribution in [2.45, 2.75) is 85.6 Å². The molecule has 0 bridgehead atoms. The van der Waals surface area contributed by atoms with Crippen molar-refractivity contribution >= 4 is 117 Å². The highest BCUT2D eigenvalue weighted by molar-refractivity contribution is 6.33. The Morgan fingerprint density at radius 1 is 0.296 bits per heavy atom. The molecule has 5 aliphatic rings. The lowest BCUT2D eigenvalue weighted by Gasteiger charge is -2.26. The quantitative estimate of drug-likeness (QED) is 0.0303. The molecule has 25 nitrogen and oxygen atoms in total. The number of hydrogen-bond donors (Lipinski definition) is 5. The molecule has 0 fully saturated rings. The molecule has 0 saturated carbocycles. The van der Waals surface area contributed by atoms with Crippen molar-refractivity contribution in [3.63, 3.8) is 0 Å². The molecule has 5 atom stereocenters. The number of pyridine rings is 5. The van der Waals surface area contributed by atoms with E-state index in [1.54, 1.807) is 55.4 Å². The summed E-state index contributed by atoms with van der Waals surface area (Å²) in [5, 5.41) is 14.9. The van der Waals surface area contributed by atoms with Gasteiger partial charge in [0.2, 0.25) is 0 Å². The van der Waals surface area contributed by atoms with Gasteiger partial charge in [-0.1, -0.05) is 88.3 Å². The van der Waals surface area contributed by atoms with Gasteiger partial charge < -0.3 is 50.3 Å². The van der Waals surface area contributed by atoms with E-state index in [0.717, 1.165) is 55.1 Å². The zero-order valence-corrected chi connectivity index (χ0v) is 75.9. The standard InChI is InChI=1S/C19H15ClF3N3O2.2C19H16ClF2N3O2.C18H13ClF3N3O2.C18H14ClF2N3O2/c1-3-28-19(27)15-9(2)25-18(17-14(23)7-11(22)8-24-17)26-16(15)12-5-4-10(21)6-13(12)20;1-3-27-19(26)16-10(2)24-18(15-7-5-12(22)9-23-15)25-17(16)13-6-4-11(21)8-14(13)20;1-3-27-19(26)15-10(2)24-18(17-14(22)5-4-8-23-17)25-16(15)12-7-6-11(21)9-13(12)20;1-8-14(18(26)27-2)15(11-4-3-9(20)5-12(11)19)25-17(24-8)16-13(22)6-10(21)7-23-16;1-9-15(18(25)26-2)16(12-5-3-10(20)7-13(12)19)24-17(23-9)14-6-4-11(21)8-22-14/h4-8,16H,3H2,1-2H3,(H,25,26);4-9,17H,3H2,1-2H3,(H,24,25);4-9,16H,3H2,1-2H3,(H,24,25);3-7,15H,1-2H3,(H,24,25);3-8,16H,1-2H3,(H,23,24). The molecule has 700 valence electrons. The van der Waals surface area contributed by atoms with Gasteiger partial charge in [0.1, 0.15) is 111 Å². The summed E-state index contributed by atoms with van der Waals surface area (Å²) in [6.07, 6.45) is 5.26. The number of esters is 5. The Kier molecular flexibility index (Phi) is 34.2. The van der Waals surface area contributed by atoms with Crippen molar-refractivity contribution in [3.8, 4) is 0 Å². The number of benzene rings is 5. The van der Waals surface area contributed by atoms with Gasteiger partial charge in [0.25, 0.3) is 0 Å². The molecule has 0 spiro atoms. The highest BCUT2D eigenvalue weighted by atomic mass is 35.5. The maximum Gasteiger partial charge on any atom is 0.338 e. The van der Waals surface area contributed by atoms with Crippen LogP contribution in [0.5, 0.6) is 0 Å².